The Bertz CT molecular complexity index is 879. The van der Waals surface area contributed by atoms with E-state index in [-0.39, 0.29) is 11.6 Å². The highest BCUT2D eigenvalue weighted by molar-refractivity contribution is 9.10. The first-order valence-electron chi connectivity index (χ1n) is 10.4. The quantitative estimate of drug-likeness (QED) is 0.599. The van der Waals surface area contributed by atoms with Gasteiger partial charge in [-0.2, -0.15) is 0 Å². The van der Waals surface area contributed by atoms with Gasteiger partial charge in [0.1, 0.15) is 0 Å². The highest BCUT2D eigenvalue weighted by atomic mass is 79.9. The van der Waals surface area contributed by atoms with Crippen molar-refractivity contribution in [1.29, 1.82) is 0 Å². The van der Waals surface area contributed by atoms with Crippen molar-refractivity contribution in [2.45, 2.75) is 58.9 Å². The van der Waals surface area contributed by atoms with Crippen molar-refractivity contribution in [2.75, 3.05) is 25.0 Å². The smallest absolute Gasteiger partial charge is 0.163 e. The van der Waals surface area contributed by atoms with Crippen LogP contribution in [0.1, 0.15) is 61.9 Å². The van der Waals surface area contributed by atoms with Gasteiger partial charge in [0.15, 0.2) is 11.6 Å². The SMILES string of the molecule is CC1=CC(C)=C(CCC(=O)c2cc(Br)cc(N(C)C3CCNCC3)c2C)C(=O)C1. The fourth-order valence-electron chi connectivity index (χ4n) is 4.51. The molecule has 156 valence electrons. The number of anilines is 1. The van der Waals surface area contributed by atoms with Gasteiger partial charge in [0.05, 0.1) is 0 Å². The van der Waals surface area contributed by atoms with Crippen LogP contribution in [0.5, 0.6) is 0 Å². The van der Waals surface area contributed by atoms with Crippen molar-refractivity contribution < 1.29 is 9.59 Å². The number of nitrogens with one attached hydrogen (secondary N) is 1. The molecule has 1 saturated heterocycles. The maximum atomic E-state index is 13.1. The summed E-state index contributed by atoms with van der Waals surface area (Å²) in [6.07, 6.45) is 5.62. The Morgan fingerprint density at radius 1 is 1.21 bits per heavy atom. The second kappa shape index (κ2) is 9.40. The fraction of sp³-hybridized carbons (Fsp3) is 0.500. The van der Waals surface area contributed by atoms with Gasteiger partial charge in [-0.05, 0) is 82.0 Å². The Hall–Kier alpha value is -1.72. The van der Waals surface area contributed by atoms with Gasteiger partial charge in [-0.3, -0.25) is 9.59 Å². The van der Waals surface area contributed by atoms with Crippen LogP contribution in [0.15, 0.2) is 39.4 Å². The van der Waals surface area contributed by atoms with Crippen molar-refractivity contribution in [2.24, 2.45) is 0 Å². The number of carbonyl (C=O) groups excluding carboxylic acids is 2. The van der Waals surface area contributed by atoms with Crippen molar-refractivity contribution in [3.63, 3.8) is 0 Å². The molecule has 4 nitrogen and oxygen atoms in total. The average Bonchev–Trinajstić information content (AvgIpc) is 2.68. The molecule has 1 aromatic carbocycles. The molecule has 1 heterocycles. The number of benzene rings is 1. The van der Waals surface area contributed by atoms with Crippen LogP contribution in [0, 0.1) is 6.92 Å². The van der Waals surface area contributed by atoms with Gasteiger partial charge in [-0.25, -0.2) is 0 Å². The standard InChI is InChI=1S/C24H31BrN2O2/c1-15-11-16(2)20(24(29)12-15)5-6-23(28)21-13-18(25)14-22(17(21)3)27(4)19-7-9-26-10-8-19/h11,13-14,19,26H,5-10,12H2,1-4H3. The van der Waals surface area contributed by atoms with Gasteiger partial charge in [0.2, 0.25) is 0 Å². The summed E-state index contributed by atoms with van der Waals surface area (Å²) in [5.74, 6) is 0.260. The van der Waals surface area contributed by atoms with E-state index in [9.17, 15) is 9.59 Å². The van der Waals surface area contributed by atoms with E-state index in [4.69, 9.17) is 0 Å². The molecule has 0 atom stereocenters. The lowest BCUT2D eigenvalue weighted by Gasteiger charge is -2.34. The Balaban J connectivity index is 1.79. The molecule has 1 aliphatic carbocycles. The summed E-state index contributed by atoms with van der Waals surface area (Å²) in [6.45, 7) is 8.05. The van der Waals surface area contributed by atoms with Crippen LogP contribution in [0.3, 0.4) is 0 Å². The Kier molecular flexibility index (Phi) is 7.12. The molecule has 0 saturated carbocycles. The van der Waals surface area contributed by atoms with E-state index in [1.54, 1.807) is 0 Å². The molecule has 1 fully saturated rings. The van der Waals surface area contributed by atoms with Crippen LogP contribution >= 0.6 is 15.9 Å². The van der Waals surface area contributed by atoms with E-state index >= 15 is 0 Å². The molecular weight excluding hydrogens is 428 g/mol. The van der Waals surface area contributed by atoms with Crippen LogP contribution in [-0.4, -0.2) is 37.7 Å². The predicted molar refractivity (Wildman–Crippen MR) is 123 cm³/mol. The van der Waals surface area contributed by atoms with Crippen molar-refractivity contribution in [3.05, 3.63) is 50.5 Å². The first kappa shape index (κ1) is 22.0. The minimum Gasteiger partial charge on any atom is -0.371 e. The summed E-state index contributed by atoms with van der Waals surface area (Å²) in [4.78, 5) is 27.8. The molecular formula is C24H31BrN2O2. The van der Waals surface area contributed by atoms with E-state index in [2.05, 4.69) is 45.3 Å². The summed E-state index contributed by atoms with van der Waals surface area (Å²) in [5.41, 5.74) is 5.79. The maximum absolute atomic E-state index is 13.1. The number of rotatable bonds is 6. The van der Waals surface area contributed by atoms with Crippen LogP contribution in [0.2, 0.25) is 0 Å². The molecule has 1 aliphatic heterocycles. The molecule has 29 heavy (non-hydrogen) atoms. The van der Waals surface area contributed by atoms with Crippen LogP contribution < -0.4 is 10.2 Å². The summed E-state index contributed by atoms with van der Waals surface area (Å²) in [7, 11) is 2.13. The lowest BCUT2D eigenvalue weighted by molar-refractivity contribution is -0.115. The van der Waals surface area contributed by atoms with Crippen LogP contribution in [0.25, 0.3) is 0 Å². The van der Waals surface area contributed by atoms with Crippen LogP contribution in [0.4, 0.5) is 5.69 Å². The predicted octanol–water partition coefficient (Wildman–Crippen LogP) is 5.14. The summed E-state index contributed by atoms with van der Waals surface area (Å²) >= 11 is 3.60. The molecule has 0 spiro atoms. The number of piperidine rings is 1. The number of Topliss-reactive ketones (excluding diaryl/α,β-unsaturated/α-hetero) is 2. The summed E-state index contributed by atoms with van der Waals surface area (Å²) in [6, 6.07) is 4.51. The maximum Gasteiger partial charge on any atom is 0.163 e. The largest absolute Gasteiger partial charge is 0.371 e. The van der Waals surface area contributed by atoms with Gasteiger partial charge >= 0.3 is 0 Å². The molecule has 2 aliphatic rings. The third-order valence-electron chi connectivity index (χ3n) is 6.20. The molecule has 0 bridgehead atoms. The normalized spacial score (nSPS) is 18.1. The summed E-state index contributed by atoms with van der Waals surface area (Å²) < 4.78 is 0.921. The monoisotopic (exact) mass is 458 g/mol. The zero-order chi connectivity index (χ0) is 21.1. The Morgan fingerprint density at radius 3 is 2.55 bits per heavy atom. The number of carbonyl (C=O) groups is 2. The topological polar surface area (TPSA) is 49.4 Å². The molecule has 0 aromatic heterocycles. The van der Waals surface area contributed by atoms with Gasteiger partial charge in [0, 0.05) is 41.7 Å². The highest BCUT2D eigenvalue weighted by Gasteiger charge is 2.23. The first-order chi connectivity index (χ1) is 13.8. The number of hydrogen-bond acceptors (Lipinski definition) is 4. The average molecular weight is 459 g/mol. The van der Waals surface area contributed by atoms with E-state index in [0.29, 0.717) is 25.3 Å². The molecule has 0 unspecified atom stereocenters. The Morgan fingerprint density at radius 2 is 1.90 bits per heavy atom. The molecule has 1 aromatic rings. The number of hydrogen-bond donors (Lipinski definition) is 1. The van der Waals surface area contributed by atoms with Gasteiger partial charge in [0.25, 0.3) is 0 Å². The van der Waals surface area contributed by atoms with Gasteiger partial charge < -0.3 is 10.2 Å². The van der Waals surface area contributed by atoms with Gasteiger partial charge in [-0.15, -0.1) is 0 Å². The third kappa shape index (κ3) is 5.07. The van der Waals surface area contributed by atoms with Crippen molar-refractivity contribution >= 4 is 33.2 Å². The Labute approximate surface area is 182 Å². The second-order valence-electron chi connectivity index (χ2n) is 8.36. The van der Waals surface area contributed by atoms with E-state index in [1.165, 1.54) is 0 Å². The van der Waals surface area contributed by atoms with Crippen LogP contribution in [-0.2, 0) is 4.79 Å². The molecule has 0 amide bonds. The van der Waals surface area contributed by atoms with Crippen molar-refractivity contribution in [3.8, 4) is 0 Å². The second-order valence-corrected chi connectivity index (χ2v) is 9.28. The highest BCUT2D eigenvalue weighted by Crippen LogP contribution is 2.32. The lowest BCUT2D eigenvalue weighted by Crippen LogP contribution is -2.41. The summed E-state index contributed by atoms with van der Waals surface area (Å²) in [5, 5.41) is 3.41. The van der Waals surface area contributed by atoms with E-state index in [0.717, 1.165) is 63.9 Å². The third-order valence-corrected chi connectivity index (χ3v) is 6.66. The number of halogens is 1. The van der Waals surface area contributed by atoms with Gasteiger partial charge in [-0.1, -0.05) is 27.6 Å². The lowest BCUT2D eigenvalue weighted by atomic mass is 9.88. The minimum absolute atomic E-state index is 0.100. The molecule has 0 radical (unpaired) electrons. The van der Waals surface area contributed by atoms with E-state index < -0.39 is 0 Å². The van der Waals surface area contributed by atoms with E-state index in [1.807, 2.05) is 26.8 Å². The number of ketones is 2. The number of allylic oxidation sites excluding steroid dienone is 4. The number of nitrogens with zero attached hydrogens (tertiary/aromatic N) is 1. The molecule has 3 rings (SSSR count). The zero-order valence-electron chi connectivity index (χ0n) is 17.9. The molecule has 5 heteroatoms. The van der Waals surface area contributed by atoms with Crippen molar-refractivity contribution in [1.82, 2.24) is 5.32 Å². The molecule has 1 N–H and O–H groups in total. The first-order valence-corrected chi connectivity index (χ1v) is 11.2. The minimum atomic E-state index is 0.100. The fourth-order valence-corrected chi connectivity index (χ4v) is 4.95. The zero-order valence-corrected chi connectivity index (χ0v) is 19.5.